The Kier molecular flexibility index (Phi) is 33.2. The van der Waals surface area contributed by atoms with E-state index in [1.807, 2.05) is 0 Å². The van der Waals surface area contributed by atoms with Crippen molar-refractivity contribution in [2.75, 3.05) is 19.8 Å². The number of unbranched alkanes of at least 4 members (excludes halogenated alkanes) is 10. The van der Waals surface area contributed by atoms with Gasteiger partial charge in [-0.05, 0) is 64.2 Å². The van der Waals surface area contributed by atoms with E-state index in [9.17, 15) is 9.90 Å². The Labute approximate surface area is 259 Å². The van der Waals surface area contributed by atoms with Crippen LogP contribution >= 0.6 is 0 Å². The van der Waals surface area contributed by atoms with E-state index in [0.29, 0.717) is 13.0 Å². The summed E-state index contributed by atoms with van der Waals surface area (Å²) in [6, 6.07) is 0. The number of allylic oxidation sites excluding steroid dienone is 12. The van der Waals surface area contributed by atoms with Crippen LogP contribution in [0.5, 0.6) is 0 Å². The number of esters is 1. The molecule has 0 aliphatic carbocycles. The summed E-state index contributed by atoms with van der Waals surface area (Å²) in [6.07, 6.45) is 46.5. The lowest BCUT2D eigenvalue weighted by Crippen LogP contribution is -2.27. The first-order chi connectivity index (χ1) is 20.7. The first-order valence-corrected chi connectivity index (χ1v) is 17.0. The summed E-state index contributed by atoms with van der Waals surface area (Å²) < 4.78 is 11.0. The lowest BCUT2D eigenvalue weighted by atomic mass is 10.1. The molecule has 0 amide bonds. The quantitative estimate of drug-likeness (QED) is 0.0518. The smallest absolute Gasteiger partial charge is 0.306 e. The van der Waals surface area contributed by atoms with Crippen molar-refractivity contribution in [2.24, 2.45) is 0 Å². The number of carbonyl (C=O) groups excluding carboxylic acids is 1. The molecule has 0 aromatic heterocycles. The van der Waals surface area contributed by atoms with Crippen molar-refractivity contribution in [3.8, 4) is 0 Å². The van der Waals surface area contributed by atoms with Gasteiger partial charge in [-0.2, -0.15) is 0 Å². The molecule has 0 spiro atoms. The summed E-state index contributed by atoms with van der Waals surface area (Å²) in [5.41, 5.74) is 0. The Bertz CT molecular complexity index is 744. The van der Waals surface area contributed by atoms with Crippen LogP contribution in [0.15, 0.2) is 72.9 Å². The number of aliphatic hydroxyl groups excluding tert-OH is 1. The van der Waals surface area contributed by atoms with Gasteiger partial charge in [0.1, 0.15) is 6.10 Å². The SMILES string of the molecule is CC/C=C\C/C=C\C/C=C\C/C=C\C/C=C\C/C=C\CCCCC(=O)OC(CO)COCCCCCCCCCCC. The molecule has 42 heavy (non-hydrogen) atoms. The molecule has 0 radical (unpaired) electrons. The second kappa shape index (κ2) is 35.0. The highest BCUT2D eigenvalue weighted by Gasteiger charge is 2.13. The molecule has 0 aromatic rings. The summed E-state index contributed by atoms with van der Waals surface area (Å²) in [7, 11) is 0. The van der Waals surface area contributed by atoms with E-state index in [2.05, 4.69) is 86.8 Å². The minimum atomic E-state index is -0.556. The van der Waals surface area contributed by atoms with Crippen molar-refractivity contribution < 1.29 is 19.4 Å². The molecule has 1 N–H and O–H groups in total. The average molecular weight is 585 g/mol. The Morgan fingerprint density at radius 3 is 1.57 bits per heavy atom. The third-order valence-corrected chi connectivity index (χ3v) is 6.80. The van der Waals surface area contributed by atoms with Gasteiger partial charge in [-0.15, -0.1) is 0 Å². The molecule has 0 aliphatic rings. The molecule has 1 atom stereocenters. The molecule has 4 nitrogen and oxygen atoms in total. The van der Waals surface area contributed by atoms with Gasteiger partial charge in [0.2, 0.25) is 0 Å². The van der Waals surface area contributed by atoms with Gasteiger partial charge >= 0.3 is 5.97 Å². The normalized spacial score (nSPS) is 13.3. The van der Waals surface area contributed by atoms with E-state index in [-0.39, 0.29) is 19.2 Å². The number of hydrogen-bond donors (Lipinski definition) is 1. The number of ether oxygens (including phenoxy) is 2. The highest BCUT2D eigenvalue weighted by Crippen LogP contribution is 2.10. The number of rotatable bonds is 30. The molecular formula is C38H64O4. The zero-order chi connectivity index (χ0) is 30.6. The average Bonchev–Trinajstić information content (AvgIpc) is 3.00. The lowest BCUT2D eigenvalue weighted by molar-refractivity contribution is -0.154. The molecule has 0 fully saturated rings. The minimum absolute atomic E-state index is 0.192. The highest BCUT2D eigenvalue weighted by atomic mass is 16.6. The molecule has 0 bridgehead atoms. The summed E-state index contributed by atoms with van der Waals surface area (Å²) in [6.45, 7) is 5.15. The van der Waals surface area contributed by atoms with Crippen LogP contribution in [0, 0.1) is 0 Å². The van der Waals surface area contributed by atoms with Gasteiger partial charge < -0.3 is 14.6 Å². The first kappa shape index (κ1) is 39.8. The molecule has 0 heterocycles. The van der Waals surface area contributed by atoms with E-state index < -0.39 is 6.10 Å². The number of aliphatic hydroxyl groups is 1. The van der Waals surface area contributed by atoms with Crippen LogP contribution in [-0.2, 0) is 14.3 Å². The van der Waals surface area contributed by atoms with Crippen LogP contribution in [0.25, 0.3) is 0 Å². The fraction of sp³-hybridized carbons (Fsp3) is 0.658. The highest BCUT2D eigenvalue weighted by molar-refractivity contribution is 5.69. The predicted molar refractivity (Wildman–Crippen MR) is 182 cm³/mol. The Hall–Kier alpha value is -2.17. The van der Waals surface area contributed by atoms with Gasteiger partial charge in [0.25, 0.3) is 0 Å². The van der Waals surface area contributed by atoms with Crippen molar-refractivity contribution >= 4 is 5.97 Å². The first-order valence-electron chi connectivity index (χ1n) is 17.0. The van der Waals surface area contributed by atoms with Gasteiger partial charge in [-0.1, -0.05) is 138 Å². The molecule has 4 heteroatoms. The van der Waals surface area contributed by atoms with Gasteiger partial charge in [0.05, 0.1) is 13.2 Å². The monoisotopic (exact) mass is 584 g/mol. The van der Waals surface area contributed by atoms with Crippen LogP contribution in [0.2, 0.25) is 0 Å². The van der Waals surface area contributed by atoms with Crippen LogP contribution in [0.1, 0.15) is 136 Å². The Balaban J connectivity index is 3.63. The molecule has 0 aliphatic heterocycles. The fourth-order valence-electron chi connectivity index (χ4n) is 4.27. The van der Waals surface area contributed by atoms with Crippen molar-refractivity contribution in [1.82, 2.24) is 0 Å². The summed E-state index contributed by atoms with van der Waals surface area (Å²) >= 11 is 0. The molecule has 1 unspecified atom stereocenters. The molecule has 0 saturated carbocycles. The molecule has 240 valence electrons. The maximum absolute atomic E-state index is 12.1. The van der Waals surface area contributed by atoms with Gasteiger partial charge in [0.15, 0.2) is 0 Å². The fourth-order valence-corrected chi connectivity index (χ4v) is 4.27. The predicted octanol–water partition coefficient (Wildman–Crippen LogP) is 10.7. The third-order valence-electron chi connectivity index (χ3n) is 6.80. The number of hydrogen-bond acceptors (Lipinski definition) is 4. The largest absolute Gasteiger partial charge is 0.457 e. The number of carbonyl (C=O) groups is 1. The van der Waals surface area contributed by atoms with E-state index in [4.69, 9.17) is 9.47 Å². The van der Waals surface area contributed by atoms with Gasteiger partial charge in [-0.3, -0.25) is 4.79 Å². The molecular weight excluding hydrogens is 520 g/mol. The molecule has 0 aromatic carbocycles. The lowest BCUT2D eigenvalue weighted by Gasteiger charge is -2.15. The van der Waals surface area contributed by atoms with Gasteiger partial charge in [-0.25, -0.2) is 0 Å². The maximum atomic E-state index is 12.1. The van der Waals surface area contributed by atoms with E-state index in [1.54, 1.807) is 0 Å². The third kappa shape index (κ3) is 32.3. The van der Waals surface area contributed by atoms with E-state index in [1.165, 1.54) is 51.4 Å². The van der Waals surface area contributed by atoms with E-state index >= 15 is 0 Å². The Morgan fingerprint density at radius 2 is 1.07 bits per heavy atom. The van der Waals surface area contributed by atoms with E-state index in [0.717, 1.165) is 64.2 Å². The van der Waals surface area contributed by atoms with Crippen LogP contribution in [0.4, 0.5) is 0 Å². The van der Waals surface area contributed by atoms with Crippen molar-refractivity contribution in [1.29, 1.82) is 0 Å². The van der Waals surface area contributed by atoms with Crippen LogP contribution in [-0.4, -0.2) is 37.0 Å². The standard InChI is InChI=1S/C38H64O4/c1-3-5-7-9-11-13-14-15-16-17-18-19-20-21-22-23-24-25-27-29-31-33-38(40)42-37(35-39)36-41-34-32-30-28-26-12-10-8-6-4-2/h5,7,11,13,15-16,18-19,21-22,24-25,37,39H,3-4,6,8-10,12,14,17,20,23,26-36H2,1-2H3/b7-5-,13-11-,16-15-,19-18-,22-21-,25-24-. The van der Waals surface area contributed by atoms with Crippen LogP contribution < -0.4 is 0 Å². The summed E-state index contributed by atoms with van der Waals surface area (Å²) in [5.74, 6) is -0.247. The van der Waals surface area contributed by atoms with Crippen molar-refractivity contribution in [3.63, 3.8) is 0 Å². The minimum Gasteiger partial charge on any atom is -0.457 e. The maximum Gasteiger partial charge on any atom is 0.306 e. The zero-order valence-electron chi connectivity index (χ0n) is 27.2. The van der Waals surface area contributed by atoms with Crippen molar-refractivity contribution in [2.45, 2.75) is 142 Å². The van der Waals surface area contributed by atoms with Crippen molar-refractivity contribution in [3.05, 3.63) is 72.9 Å². The molecule has 0 saturated heterocycles. The summed E-state index contributed by atoms with van der Waals surface area (Å²) in [4.78, 5) is 12.1. The molecule has 0 rings (SSSR count). The van der Waals surface area contributed by atoms with Crippen LogP contribution in [0.3, 0.4) is 0 Å². The second-order valence-electron chi connectivity index (χ2n) is 10.9. The topological polar surface area (TPSA) is 55.8 Å². The summed E-state index contributed by atoms with van der Waals surface area (Å²) in [5, 5.41) is 9.50. The second-order valence-corrected chi connectivity index (χ2v) is 10.9. The Morgan fingerprint density at radius 1 is 0.595 bits per heavy atom. The van der Waals surface area contributed by atoms with Gasteiger partial charge in [0, 0.05) is 13.0 Å². The zero-order valence-corrected chi connectivity index (χ0v) is 27.2.